The van der Waals surface area contributed by atoms with Crippen molar-refractivity contribution in [3.63, 3.8) is 0 Å². The minimum Gasteiger partial charge on any atom is -0.348 e. The quantitative estimate of drug-likeness (QED) is 0.567. The molecule has 1 N–H and O–H groups in total. The van der Waals surface area contributed by atoms with Crippen LogP contribution in [0.4, 0.5) is 11.6 Å². The van der Waals surface area contributed by atoms with Gasteiger partial charge in [-0.15, -0.1) is 0 Å². The molecule has 126 valence electrons. The molecule has 4 rings (SSSR count). The van der Waals surface area contributed by atoms with Crippen LogP contribution in [0.15, 0.2) is 54.9 Å². The van der Waals surface area contributed by atoms with Gasteiger partial charge in [-0.2, -0.15) is 10.1 Å². The number of benzene rings is 2. The highest BCUT2D eigenvalue weighted by molar-refractivity contribution is 6.30. The summed E-state index contributed by atoms with van der Waals surface area (Å²) in [7, 11) is 0. The number of fused-ring (bicyclic) bond motifs is 1. The lowest BCUT2D eigenvalue weighted by Gasteiger charge is -2.31. The number of non-ortho nitro benzene ring substituents is 1. The Kier molecular flexibility index (Phi) is 3.85. The standard InChI is InChI=1S/C17H14ClN5O2/c18-13-6-4-11(5-7-13)15-9-16(22-17(21-15)19-10-20-22)12-2-1-3-14(8-12)23(24)25/h1-8,10,15-16H,9H2,(H,19,20,21). The van der Waals surface area contributed by atoms with Crippen LogP contribution in [0.5, 0.6) is 0 Å². The summed E-state index contributed by atoms with van der Waals surface area (Å²) in [4.78, 5) is 15.0. The van der Waals surface area contributed by atoms with Crippen molar-refractivity contribution in [2.24, 2.45) is 0 Å². The van der Waals surface area contributed by atoms with Gasteiger partial charge >= 0.3 is 0 Å². The van der Waals surface area contributed by atoms with E-state index in [0.717, 1.165) is 11.1 Å². The summed E-state index contributed by atoms with van der Waals surface area (Å²) in [6.07, 6.45) is 2.18. The molecule has 7 nitrogen and oxygen atoms in total. The summed E-state index contributed by atoms with van der Waals surface area (Å²) in [5, 5.41) is 19.4. The molecule has 2 heterocycles. The van der Waals surface area contributed by atoms with Crippen molar-refractivity contribution in [3.05, 3.63) is 81.1 Å². The highest BCUT2D eigenvalue weighted by Gasteiger charge is 2.30. The molecule has 0 bridgehead atoms. The molecule has 0 fully saturated rings. The van der Waals surface area contributed by atoms with Crippen molar-refractivity contribution in [1.82, 2.24) is 14.8 Å². The summed E-state index contributed by atoms with van der Waals surface area (Å²) >= 11 is 5.98. The Morgan fingerprint density at radius 1 is 1.20 bits per heavy atom. The predicted octanol–water partition coefficient (Wildman–Crippen LogP) is 3.99. The monoisotopic (exact) mass is 355 g/mol. The van der Waals surface area contributed by atoms with E-state index < -0.39 is 0 Å². The van der Waals surface area contributed by atoms with Gasteiger partial charge in [0.15, 0.2) is 0 Å². The second-order valence-electron chi connectivity index (χ2n) is 5.88. The molecule has 0 spiro atoms. The second-order valence-corrected chi connectivity index (χ2v) is 6.32. The van der Waals surface area contributed by atoms with E-state index in [4.69, 9.17) is 11.6 Å². The first kappa shape index (κ1) is 15.6. The molecular weight excluding hydrogens is 342 g/mol. The van der Waals surface area contributed by atoms with Crippen LogP contribution in [0.3, 0.4) is 0 Å². The number of nitro groups is 1. The SMILES string of the molecule is O=[N+]([O-])c1cccc(C2CC(c3ccc(Cl)cc3)Nc3ncnn32)c1. The van der Waals surface area contributed by atoms with Gasteiger partial charge in [-0.05, 0) is 29.7 Å². The van der Waals surface area contributed by atoms with Crippen molar-refractivity contribution in [2.45, 2.75) is 18.5 Å². The lowest BCUT2D eigenvalue weighted by molar-refractivity contribution is -0.384. The number of hydrogen-bond donors (Lipinski definition) is 1. The van der Waals surface area contributed by atoms with Crippen LogP contribution in [-0.2, 0) is 0 Å². The Hall–Kier alpha value is -2.93. The fourth-order valence-electron chi connectivity index (χ4n) is 3.16. The molecule has 0 radical (unpaired) electrons. The number of anilines is 1. The van der Waals surface area contributed by atoms with E-state index >= 15 is 0 Å². The van der Waals surface area contributed by atoms with Gasteiger partial charge in [-0.25, -0.2) is 4.68 Å². The Labute approximate surface area is 148 Å². The Balaban J connectivity index is 1.73. The van der Waals surface area contributed by atoms with Crippen molar-refractivity contribution >= 4 is 23.2 Å². The third-order valence-electron chi connectivity index (χ3n) is 4.37. The normalized spacial score (nSPS) is 19.1. The van der Waals surface area contributed by atoms with E-state index in [1.807, 2.05) is 30.3 Å². The Morgan fingerprint density at radius 2 is 2.00 bits per heavy atom. The van der Waals surface area contributed by atoms with E-state index in [2.05, 4.69) is 15.4 Å². The van der Waals surface area contributed by atoms with Crippen LogP contribution in [0.2, 0.25) is 5.02 Å². The zero-order valence-electron chi connectivity index (χ0n) is 13.0. The number of aromatic nitrogens is 3. The average Bonchev–Trinajstić information content (AvgIpc) is 3.10. The summed E-state index contributed by atoms with van der Waals surface area (Å²) < 4.78 is 1.77. The number of nitrogens with one attached hydrogen (secondary N) is 1. The maximum absolute atomic E-state index is 11.1. The summed E-state index contributed by atoms with van der Waals surface area (Å²) in [5.74, 6) is 0.641. The first-order chi connectivity index (χ1) is 12.1. The maximum atomic E-state index is 11.1. The molecule has 1 aliphatic heterocycles. The van der Waals surface area contributed by atoms with Crippen molar-refractivity contribution in [2.75, 3.05) is 5.32 Å². The fourth-order valence-corrected chi connectivity index (χ4v) is 3.28. The largest absolute Gasteiger partial charge is 0.348 e. The molecule has 25 heavy (non-hydrogen) atoms. The third kappa shape index (κ3) is 2.94. The Bertz CT molecular complexity index is 925. The first-order valence-electron chi connectivity index (χ1n) is 7.77. The second kappa shape index (κ2) is 6.18. The number of rotatable bonds is 3. The summed E-state index contributed by atoms with van der Waals surface area (Å²) in [6, 6.07) is 14.2. The van der Waals surface area contributed by atoms with E-state index in [9.17, 15) is 10.1 Å². The van der Waals surface area contributed by atoms with Crippen molar-refractivity contribution < 1.29 is 4.92 Å². The van der Waals surface area contributed by atoms with Crippen LogP contribution in [0, 0.1) is 10.1 Å². The van der Waals surface area contributed by atoms with Gasteiger partial charge in [-0.3, -0.25) is 10.1 Å². The smallest absolute Gasteiger partial charge is 0.269 e. The molecule has 1 aliphatic rings. The topological polar surface area (TPSA) is 85.9 Å². The molecule has 2 atom stereocenters. The zero-order valence-corrected chi connectivity index (χ0v) is 13.8. The van der Waals surface area contributed by atoms with E-state index in [0.29, 0.717) is 17.4 Å². The van der Waals surface area contributed by atoms with Crippen molar-refractivity contribution in [3.8, 4) is 0 Å². The summed E-state index contributed by atoms with van der Waals surface area (Å²) in [6.45, 7) is 0. The van der Waals surface area contributed by atoms with Gasteiger partial charge in [0.05, 0.1) is 17.0 Å². The molecule has 0 saturated carbocycles. The highest BCUT2D eigenvalue weighted by atomic mass is 35.5. The maximum Gasteiger partial charge on any atom is 0.269 e. The number of nitro benzene ring substituents is 1. The molecule has 2 unspecified atom stereocenters. The number of halogens is 1. The molecule has 1 aromatic heterocycles. The molecule has 0 saturated heterocycles. The molecule has 2 aromatic carbocycles. The fraction of sp³-hybridized carbons (Fsp3) is 0.176. The van der Waals surface area contributed by atoms with Gasteiger partial charge in [0, 0.05) is 17.2 Å². The minimum atomic E-state index is -0.385. The molecular formula is C17H14ClN5O2. The van der Waals surface area contributed by atoms with Crippen LogP contribution in [0.25, 0.3) is 0 Å². The van der Waals surface area contributed by atoms with Gasteiger partial charge in [0.25, 0.3) is 5.69 Å². The predicted molar refractivity (Wildman–Crippen MR) is 93.7 cm³/mol. The Morgan fingerprint density at radius 3 is 2.76 bits per heavy atom. The highest BCUT2D eigenvalue weighted by Crippen LogP contribution is 2.38. The summed E-state index contributed by atoms with van der Waals surface area (Å²) in [5.41, 5.74) is 1.98. The first-order valence-corrected chi connectivity index (χ1v) is 8.15. The molecule has 0 aliphatic carbocycles. The van der Waals surface area contributed by atoms with Crippen LogP contribution in [0.1, 0.15) is 29.6 Å². The average molecular weight is 356 g/mol. The molecule has 0 amide bonds. The zero-order chi connectivity index (χ0) is 17.4. The third-order valence-corrected chi connectivity index (χ3v) is 4.62. The lowest BCUT2D eigenvalue weighted by Crippen LogP contribution is -2.28. The minimum absolute atomic E-state index is 0.0122. The van der Waals surface area contributed by atoms with Crippen LogP contribution in [-0.4, -0.2) is 19.7 Å². The van der Waals surface area contributed by atoms with Crippen molar-refractivity contribution in [1.29, 1.82) is 0 Å². The molecule has 8 heteroatoms. The molecule has 3 aromatic rings. The van der Waals surface area contributed by atoms with Gasteiger partial charge in [0.2, 0.25) is 5.95 Å². The van der Waals surface area contributed by atoms with E-state index in [1.54, 1.807) is 16.8 Å². The number of hydrogen-bond acceptors (Lipinski definition) is 5. The van der Waals surface area contributed by atoms with Crippen LogP contribution < -0.4 is 5.32 Å². The lowest BCUT2D eigenvalue weighted by atomic mass is 9.93. The van der Waals surface area contributed by atoms with E-state index in [1.165, 1.54) is 12.4 Å². The number of nitrogens with zero attached hydrogens (tertiary/aromatic N) is 4. The van der Waals surface area contributed by atoms with Gasteiger partial charge in [0.1, 0.15) is 6.33 Å². The van der Waals surface area contributed by atoms with E-state index in [-0.39, 0.29) is 22.7 Å². The van der Waals surface area contributed by atoms with Gasteiger partial charge < -0.3 is 5.32 Å². The van der Waals surface area contributed by atoms with Crippen LogP contribution >= 0.6 is 11.6 Å². The van der Waals surface area contributed by atoms with Gasteiger partial charge in [-0.1, -0.05) is 35.9 Å².